The van der Waals surface area contributed by atoms with Crippen LogP contribution in [0.1, 0.15) is 41.3 Å². The van der Waals surface area contributed by atoms with Gasteiger partial charge in [-0.1, -0.05) is 84.9 Å². The van der Waals surface area contributed by atoms with Gasteiger partial charge < -0.3 is 0 Å². The van der Waals surface area contributed by atoms with Crippen LogP contribution in [0.25, 0.3) is 0 Å². The molecule has 1 N–H and O–H groups in total. The molecule has 0 aliphatic rings. The first-order valence-corrected chi connectivity index (χ1v) is 8.17. The van der Waals surface area contributed by atoms with Gasteiger partial charge in [0.05, 0.1) is 6.04 Å². The largest absolute Gasteiger partial charge is 0.300 e. The van der Waals surface area contributed by atoms with Crippen LogP contribution in [0.5, 0.6) is 0 Å². The summed E-state index contributed by atoms with van der Waals surface area (Å²) in [5, 5.41) is 3.81. The molecule has 0 radical (unpaired) electrons. The second-order valence-corrected chi connectivity index (χ2v) is 6.00. The second-order valence-electron chi connectivity index (χ2n) is 6.00. The Kier molecular flexibility index (Phi) is 4.89. The highest BCUT2D eigenvalue weighted by atomic mass is 14.9. The maximum Gasteiger partial charge on any atom is 0.0583 e. The van der Waals surface area contributed by atoms with Crippen molar-refractivity contribution in [2.75, 3.05) is 0 Å². The topological polar surface area (TPSA) is 12.0 Å². The van der Waals surface area contributed by atoms with Crippen LogP contribution in [-0.2, 0) is 0 Å². The predicted octanol–water partition coefficient (Wildman–Crippen LogP) is 5.44. The van der Waals surface area contributed by atoms with E-state index < -0.39 is 0 Å². The molecule has 1 heteroatoms. The molecule has 0 bridgehead atoms. The van der Waals surface area contributed by atoms with Crippen molar-refractivity contribution in [2.24, 2.45) is 0 Å². The summed E-state index contributed by atoms with van der Waals surface area (Å²) in [5.74, 6) is 0. The summed E-state index contributed by atoms with van der Waals surface area (Å²) in [4.78, 5) is 0. The maximum atomic E-state index is 3.81. The average molecular weight is 301 g/mol. The Bertz CT molecular complexity index is 734. The van der Waals surface area contributed by atoms with Crippen molar-refractivity contribution in [3.05, 3.63) is 107 Å². The third kappa shape index (κ3) is 3.69. The van der Waals surface area contributed by atoms with Gasteiger partial charge in [-0.25, -0.2) is 0 Å². The monoisotopic (exact) mass is 301 g/mol. The summed E-state index contributed by atoms with van der Waals surface area (Å²) in [6.07, 6.45) is 0. The van der Waals surface area contributed by atoms with E-state index in [9.17, 15) is 0 Å². The molecule has 0 unspecified atom stereocenters. The SMILES string of the molecule is Cc1ccccc1[C@@H](N[C@H](C)c1ccccc1)c1ccccc1. The van der Waals surface area contributed by atoms with E-state index in [1.165, 1.54) is 22.3 Å². The highest BCUT2D eigenvalue weighted by molar-refractivity contribution is 5.37. The van der Waals surface area contributed by atoms with Gasteiger partial charge >= 0.3 is 0 Å². The molecular weight excluding hydrogens is 278 g/mol. The van der Waals surface area contributed by atoms with E-state index in [0.29, 0.717) is 0 Å². The van der Waals surface area contributed by atoms with Crippen LogP contribution in [0.4, 0.5) is 0 Å². The minimum Gasteiger partial charge on any atom is -0.300 e. The highest BCUT2D eigenvalue weighted by Gasteiger charge is 2.18. The normalized spacial score (nSPS) is 13.5. The third-order valence-corrected chi connectivity index (χ3v) is 4.35. The van der Waals surface area contributed by atoms with Gasteiger partial charge in [0.1, 0.15) is 0 Å². The first kappa shape index (κ1) is 15.5. The van der Waals surface area contributed by atoms with Gasteiger partial charge in [-0.2, -0.15) is 0 Å². The van der Waals surface area contributed by atoms with E-state index in [0.717, 1.165) is 0 Å². The molecule has 116 valence electrons. The molecule has 0 aliphatic heterocycles. The van der Waals surface area contributed by atoms with Gasteiger partial charge in [0.2, 0.25) is 0 Å². The summed E-state index contributed by atoms with van der Waals surface area (Å²) >= 11 is 0. The zero-order chi connectivity index (χ0) is 16.1. The molecule has 3 rings (SSSR count). The minimum atomic E-state index is 0.188. The lowest BCUT2D eigenvalue weighted by atomic mass is 9.93. The summed E-state index contributed by atoms with van der Waals surface area (Å²) in [7, 11) is 0. The fraction of sp³-hybridized carbons (Fsp3) is 0.182. The van der Waals surface area contributed by atoms with Crippen LogP contribution < -0.4 is 5.32 Å². The number of aryl methyl sites for hydroxylation is 1. The van der Waals surface area contributed by atoms with E-state index >= 15 is 0 Å². The van der Waals surface area contributed by atoms with Gasteiger partial charge in [-0.05, 0) is 36.1 Å². The van der Waals surface area contributed by atoms with Crippen LogP contribution in [0.2, 0.25) is 0 Å². The lowest BCUT2D eigenvalue weighted by Gasteiger charge is -2.26. The first-order valence-electron chi connectivity index (χ1n) is 8.17. The molecule has 0 fully saturated rings. The van der Waals surface area contributed by atoms with Gasteiger partial charge in [-0.15, -0.1) is 0 Å². The number of hydrogen-bond acceptors (Lipinski definition) is 1. The van der Waals surface area contributed by atoms with Crippen LogP contribution in [0.15, 0.2) is 84.9 Å². The van der Waals surface area contributed by atoms with Crippen molar-refractivity contribution in [3.8, 4) is 0 Å². The van der Waals surface area contributed by atoms with Crippen molar-refractivity contribution < 1.29 is 0 Å². The standard InChI is InChI=1S/C22H23N/c1-17-11-9-10-16-21(17)22(20-14-7-4-8-15-20)23-18(2)19-12-5-3-6-13-19/h3-16,18,22-23H,1-2H3/t18-,22+/m1/s1. The molecule has 0 aliphatic carbocycles. The van der Waals surface area contributed by atoms with Crippen molar-refractivity contribution in [1.29, 1.82) is 0 Å². The van der Waals surface area contributed by atoms with Crippen LogP contribution in [0.3, 0.4) is 0 Å². The smallest absolute Gasteiger partial charge is 0.0583 e. The van der Waals surface area contributed by atoms with Crippen molar-refractivity contribution in [3.63, 3.8) is 0 Å². The van der Waals surface area contributed by atoms with Gasteiger partial charge in [-0.3, -0.25) is 5.32 Å². The molecule has 0 saturated carbocycles. The number of rotatable bonds is 5. The lowest BCUT2D eigenvalue weighted by Crippen LogP contribution is -2.26. The lowest BCUT2D eigenvalue weighted by molar-refractivity contribution is 0.515. The molecule has 0 aromatic heterocycles. The highest BCUT2D eigenvalue weighted by Crippen LogP contribution is 2.28. The Morgan fingerprint density at radius 1 is 0.652 bits per heavy atom. The minimum absolute atomic E-state index is 0.188. The van der Waals surface area contributed by atoms with E-state index in [4.69, 9.17) is 0 Å². The molecule has 0 heterocycles. The summed E-state index contributed by atoms with van der Waals surface area (Å²) < 4.78 is 0. The maximum absolute atomic E-state index is 3.81. The third-order valence-electron chi connectivity index (χ3n) is 4.35. The average Bonchev–Trinajstić information content (AvgIpc) is 2.62. The van der Waals surface area contributed by atoms with Gasteiger partial charge in [0, 0.05) is 6.04 Å². The number of hydrogen-bond donors (Lipinski definition) is 1. The molecule has 23 heavy (non-hydrogen) atoms. The number of nitrogens with one attached hydrogen (secondary N) is 1. The Morgan fingerprint density at radius 3 is 1.78 bits per heavy atom. The van der Waals surface area contributed by atoms with E-state index in [-0.39, 0.29) is 12.1 Å². The Hall–Kier alpha value is -2.38. The Balaban J connectivity index is 1.95. The second kappa shape index (κ2) is 7.26. The molecule has 3 aromatic carbocycles. The molecule has 0 spiro atoms. The zero-order valence-corrected chi connectivity index (χ0v) is 13.7. The number of benzene rings is 3. The molecule has 0 amide bonds. The molecule has 3 aromatic rings. The van der Waals surface area contributed by atoms with Crippen LogP contribution in [0, 0.1) is 6.92 Å². The van der Waals surface area contributed by atoms with Crippen LogP contribution in [-0.4, -0.2) is 0 Å². The molecule has 0 saturated heterocycles. The molecule has 2 atom stereocenters. The zero-order valence-electron chi connectivity index (χ0n) is 13.7. The summed E-state index contributed by atoms with van der Waals surface area (Å²) in [6.45, 7) is 4.41. The molecule has 1 nitrogen and oxygen atoms in total. The van der Waals surface area contributed by atoms with Crippen molar-refractivity contribution in [1.82, 2.24) is 5.32 Å². The van der Waals surface area contributed by atoms with E-state index in [2.05, 4.69) is 104 Å². The first-order chi connectivity index (χ1) is 11.3. The van der Waals surface area contributed by atoms with Crippen molar-refractivity contribution >= 4 is 0 Å². The van der Waals surface area contributed by atoms with E-state index in [1.807, 2.05) is 0 Å². The Morgan fingerprint density at radius 2 is 1.17 bits per heavy atom. The van der Waals surface area contributed by atoms with Gasteiger partial charge in [0.15, 0.2) is 0 Å². The quantitative estimate of drug-likeness (QED) is 0.662. The summed E-state index contributed by atoms with van der Waals surface area (Å²) in [5.41, 5.74) is 5.25. The molecular formula is C22H23N. The fourth-order valence-corrected chi connectivity index (χ4v) is 3.01. The predicted molar refractivity (Wildman–Crippen MR) is 97.5 cm³/mol. The fourth-order valence-electron chi connectivity index (χ4n) is 3.01. The summed E-state index contributed by atoms with van der Waals surface area (Å²) in [6, 6.07) is 30.4. The van der Waals surface area contributed by atoms with E-state index in [1.54, 1.807) is 0 Å². The van der Waals surface area contributed by atoms with Crippen molar-refractivity contribution in [2.45, 2.75) is 25.9 Å². The Labute approximate surface area is 139 Å². The van der Waals surface area contributed by atoms with Crippen LogP contribution >= 0.6 is 0 Å². The van der Waals surface area contributed by atoms with Gasteiger partial charge in [0.25, 0.3) is 0 Å².